The van der Waals surface area contributed by atoms with Gasteiger partial charge in [0.15, 0.2) is 0 Å². The van der Waals surface area contributed by atoms with E-state index in [1.807, 2.05) is 24.3 Å². The van der Waals surface area contributed by atoms with Crippen molar-refractivity contribution in [2.24, 2.45) is 0 Å². The number of carbonyl (C=O) groups is 1. The van der Waals surface area contributed by atoms with Crippen LogP contribution in [-0.4, -0.2) is 11.9 Å². The number of halogens is 2. The molecule has 0 radical (unpaired) electrons. The molecule has 0 aromatic heterocycles. The summed E-state index contributed by atoms with van der Waals surface area (Å²) in [4.78, 5) is 12.2. The number of benzene rings is 2. The van der Waals surface area contributed by atoms with Gasteiger partial charge in [-0.05, 0) is 35.7 Å². The molecular formula is C16H14ClFN2O. The van der Waals surface area contributed by atoms with E-state index in [1.165, 1.54) is 23.3 Å². The van der Waals surface area contributed by atoms with Crippen molar-refractivity contribution in [1.82, 2.24) is 5.32 Å². The Balaban J connectivity index is 1.70. The SMILES string of the molecule is O=C(Nc1ccc(Cl)c(F)c1)C1Cc2ccccc2CN1. The van der Waals surface area contributed by atoms with Crippen LogP contribution in [0.5, 0.6) is 0 Å². The normalized spacial score (nSPS) is 17.1. The van der Waals surface area contributed by atoms with Crippen molar-refractivity contribution >= 4 is 23.2 Å². The topological polar surface area (TPSA) is 41.1 Å². The molecule has 0 saturated carbocycles. The van der Waals surface area contributed by atoms with Crippen molar-refractivity contribution in [3.63, 3.8) is 0 Å². The largest absolute Gasteiger partial charge is 0.325 e. The van der Waals surface area contributed by atoms with Crippen LogP contribution in [-0.2, 0) is 17.8 Å². The van der Waals surface area contributed by atoms with E-state index in [1.54, 1.807) is 6.07 Å². The second-order valence-electron chi connectivity index (χ2n) is 5.02. The highest BCUT2D eigenvalue weighted by Crippen LogP contribution is 2.20. The number of anilines is 1. The lowest BCUT2D eigenvalue weighted by atomic mass is 9.95. The Bertz CT molecular complexity index is 690. The smallest absolute Gasteiger partial charge is 0.241 e. The molecule has 3 rings (SSSR count). The standard InChI is InChI=1S/C16H14ClFN2O/c17-13-6-5-12(8-14(13)18)20-16(21)15-7-10-3-1-2-4-11(10)9-19-15/h1-6,8,15,19H,7,9H2,(H,20,21). The predicted octanol–water partition coefficient (Wildman–Crippen LogP) is 3.13. The number of fused-ring (bicyclic) bond motifs is 1. The Morgan fingerprint density at radius 3 is 2.76 bits per heavy atom. The maximum absolute atomic E-state index is 13.4. The van der Waals surface area contributed by atoms with Crippen molar-refractivity contribution in [2.45, 2.75) is 19.0 Å². The fourth-order valence-electron chi connectivity index (χ4n) is 2.44. The molecule has 0 bridgehead atoms. The molecule has 108 valence electrons. The first-order valence-corrected chi connectivity index (χ1v) is 7.07. The van der Waals surface area contributed by atoms with Crippen molar-refractivity contribution in [2.75, 3.05) is 5.32 Å². The zero-order valence-corrected chi connectivity index (χ0v) is 12.0. The zero-order valence-electron chi connectivity index (χ0n) is 11.2. The first-order valence-electron chi connectivity index (χ1n) is 6.69. The zero-order chi connectivity index (χ0) is 14.8. The van der Waals surface area contributed by atoms with Gasteiger partial charge in [-0.15, -0.1) is 0 Å². The minimum atomic E-state index is -0.545. The third-order valence-electron chi connectivity index (χ3n) is 3.58. The van der Waals surface area contributed by atoms with Gasteiger partial charge in [0.2, 0.25) is 5.91 Å². The maximum Gasteiger partial charge on any atom is 0.241 e. The monoisotopic (exact) mass is 304 g/mol. The molecule has 1 aliphatic rings. The van der Waals surface area contributed by atoms with Gasteiger partial charge in [0, 0.05) is 12.2 Å². The first kappa shape index (κ1) is 14.0. The van der Waals surface area contributed by atoms with E-state index in [0.29, 0.717) is 18.7 Å². The number of hydrogen-bond acceptors (Lipinski definition) is 2. The first-order chi connectivity index (χ1) is 10.1. The molecule has 2 aromatic carbocycles. The van der Waals surface area contributed by atoms with E-state index >= 15 is 0 Å². The highest BCUT2D eigenvalue weighted by molar-refractivity contribution is 6.30. The minimum absolute atomic E-state index is 0.0396. The van der Waals surface area contributed by atoms with Gasteiger partial charge >= 0.3 is 0 Å². The van der Waals surface area contributed by atoms with E-state index in [2.05, 4.69) is 10.6 Å². The van der Waals surface area contributed by atoms with Crippen LogP contribution in [0.1, 0.15) is 11.1 Å². The van der Waals surface area contributed by atoms with Gasteiger partial charge in [-0.2, -0.15) is 0 Å². The molecule has 1 unspecified atom stereocenters. The van der Waals surface area contributed by atoms with Crippen LogP contribution in [0.4, 0.5) is 10.1 Å². The third kappa shape index (κ3) is 3.06. The number of amides is 1. The lowest BCUT2D eigenvalue weighted by molar-refractivity contribution is -0.118. The molecule has 0 saturated heterocycles. The molecule has 21 heavy (non-hydrogen) atoms. The van der Waals surface area contributed by atoms with Crippen LogP contribution >= 0.6 is 11.6 Å². The molecule has 0 spiro atoms. The minimum Gasteiger partial charge on any atom is -0.325 e. The summed E-state index contributed by atoms with van der Waals surface area (Å²) in [6.45, 7) is 0.656. The summed E-state index contributed by atoms with van der Waals surface area (Å²) >= 11 is 5.62. The molecule has 1 aliphatic heterocycles. The highest BCUT2D eigenvalue weighted by atomic mass is 35.5. The summed E-state index contributed by atoms with van der Waals surface area (Å²) in [6.07, 6.45) is 0.623. The van der Waals surface area contributed by atoms with E-state index in [9.17, 15) is 9.18 Å². The second-order valence-corrected chi connectivity index (χ2v) is 5.43. The second kappa shape index (κ2) is 5.84. The molecule has 2 aromatic rings. The molecule has 1 atom stereocenters. The molecule has 3 nitrogen and oxygen atoms in total. The van der Waals surface area contributed by atoms with E-state index in [-0.39, 0.29) is 17.0 Å². The van der Waals surface area contributed by atoms with Gasteiger partial charge in [-0.3, -0.25) is 4.79 Å². The number of carbonyl (C=O) groups excluding carboxylic acids is 1. The molecule has 0 aliphatic carbocycles. The van der Waals surface area contributed by atoms with Gasteiger partial charge in [0.1, 0.15) is 5.82 Å². The van der Waals surface area contributed by atoms with Gasteiger partial charge in [0.25, 0.3) is 0 Å². The molecule has 1 amide bonds. The average Bonchev–Trinajstić information content (AvgIpc) is 2.50. The summed E-state index contributed by atoms with van der Waals surface area (Å²) in [7, 11) is 0. The van der Waals surface area contributed by atoms with Crippen molar-refractivity contribution in [3.05, 3.63) is 64.4 Å². The lowest BCUT2D eigenvalue weighted by Crippen LogP contribution is -2.44. The summed E-state index contributed by atoms with van der Waals surface area (Å²) in [6, 6.07) is 11.9. The Hall–Kier alpha value is -1.91. The molecule has 0 fully saturated rings. The van der Waals surface area contributed by atoms with Crippen molar-refractivity contribution < 1.29 is 9.18 Å². The summed E-state index contributed by atoms with van der Waals surface area (Å²) < 4.78 is 13.4. The fraction of sp³-hybridized carbons (Fsp3) is 0.188. The number of nitrogens with one attached hydrogen (secondary N) is 2. The van der Waals surface area contributed by atoms with E-state index in [0.717, 1.165) is 0 Å². The Morgan fingerprint density at radius 2 is 2.00 bits per heavy atom. The number of hydrogen-bond donors (Lipinski definition) is 2. The Labute approximate surface area is 127 Å². The highest BCUT2D eigenvalue weighted by Gasteiger charge is 2.23. The molecule has 2 N–H and O–H groups in total. The summed E-state index contributed by atoms with van der Waals surface area (Å²) in [5.74, 6) is -0.720. The van der Waals surface area contributed by atoms with Crippen LogP contribution in [0.3, 0.4) is 0 Å². The third-order valence-corrected chi connectivity index (χ3v) is 3.89. The molecule has 5 heteroatoms. The summed E-state index contributed by atoms with van der Waals surface area (Å²) in [5, 5.41) is 5.94. The summed E-state index contributed by atoms with van der Waals surface area (Å²) in [5.41, 5.74) is 2.78. The van der Waals surface area contributed by atoms with Gasteiger partial charge in [-0.1, -0.05) is 35.9 Å². The van der Waals surface area contributed by atoms with Crippen LogP contribution in [0.2, 0.25) is 5.02 Å². The molecule has 1 heterocycles. The van der Waals surface area contributed by atoms with Gasteiger partial charge in [0.05, 0.1) is 11.1 Å². The maximum atomic E-state index is 13.4. The Kier molecular flexibility index (Phi) is 3.90. The predicted molar refractivity (Wildman–Crippen MR) is 80.8 cm³/mol. The lowest BCUT2D eigenvalue weighted by Gasteiger charge is -2.25. The van der Waals surface area contributed by atoms with Gasteiger partial charge in [-0.25, -0.2) is 4.39 Å². The number of rotatable bonds is 2. The van der Waals surface area contributed by atoms with Gasteiger partial charge < -0.3 is 10.6 Å². The quantitative estimate of drug-likeness (QED) is 0.895. The Morgan fingerprint density at radius 1 is 1.24 bits per heavy atom. The van der Waals surface area contributed by atoms with Crippen molar-refractivity contribution in [3.8, 4) is 0 Å². The molecular weight excluding hydrogens is 291 g/mol. The fourth-order valence-corrected chi connectivity index (χ4v) is 2.56. The van der Waals surface area contributed by atoms with Crippen LogP contribution < -0.4 is 10.6 Å². The average molecular weight is 305 g/mol. The van der Waals surface area contributed by atoms with Crippen LogP contribution in [0, 0.1) is 5.82 Å². The van der Waals surface area contributed by atoms with E-state index < -0.39 is 5.82 Å². The van der Waals surface area contributed by atoms with E-state index in [4.69, 9.17) is 11.6 Å². The van der Waals surface area contributed by atoms with Crippen LogP contribution in [0.15, 0.2) is 42.5 Å². The van der Waals surface area contributed by atoms with Crippen LogP contribution in [0.25, 0.3) is 0 Å². The van der Waals surface area contributed by atoms with Crippen molar-refractivity contribution in [1.29, 1.82) is 0 Å².